The van der Waals surface area contributed by atoms with E-state index in [4.69, 9.17) is 0 Å². The summed E-state index contributed by atoms with van der Waals surface area (Å²) in [6.45, 7) is 0. The van der Waals surface area contributed by atoms with Gasteiger partial charge in [0, 0.05) is 19.4 Å². The van der Waals surface area contributed by atoms with Gasteiger partial charge in [-0.15, -0.1) is 0 Å². The predicted octanol–water partition coefficient (Wildman–Crippen LogP) is 3.64. The first-order valence-electron chi connectivity index (χ1n) is 8.80. The molecule has 0 aliphatic heterocycles. The highest BCUT2D eigenvalue weighted by molar-refractivity contribution is 5.91. The van der Waals surface area contributed by atoms with E-state index in [1.165, 1.54) is 6.07 Å². The van der Waals surface area contributed by atoms with E-state index < -0.39 is 23.1 Å². The summed E-state index contributed by atoms with van der Waals surface area (Å²) in [4.78, 5) is 17.5. The van der Waals surface area contributed by atoms with Gasteiger partial charge in [-0.1, -0.05) is 36.4 Å². The van der Waals surface area contributed by atoms with Crippen molar-refractivity contribution in [2.45, 2.75) is 24.3 Å². The van der Waals surface area contributed by atoms with Crippen molar-refractivity contribution in [2.24, 2.45) is 7.05 Å². The molecule has 1 aromatic heterocycles. The maximum Gasteiger partial charge on any atom is 0.231 e. The van der Waals surface area contributed by atoms with Gasteiger partial charge >= 0.3 is 0 Å². The van der Waals surface area contributed by atoms with Crippen LogP contribution in [0.5, 0.6) is 0 Å². The Hall–Kier alpha value is -3.02. The maximum atomic E-state index is 13.8. The van der Waals surface area contributed by atoms with E-state index >= 15 is 0 Å². The second-order valence-corrected chi connectivity index (χ2v) is 6.92. The fourth-order valence-corrected chi connectivity index (χ4v) is 3.44. The van der Waals surface area contributed by atoms with Crippen molar-refractivity contribution in [3.05, 3.63) is 89.5 Å². The van der Waals surface area contributed by atoms with Gasteiger partial charge in [-0.05, 0) is 36.1 Å². The zero-order valence-corrected chi connectivity index (χ0v) is 14.8. The number of halogens is 2. The van der Waals surface area contributed by atoms with Crippen LogP contribution in [-0.4, -0.2) is 15.5 Å². The second-order valence-electron chi connectivity index (χ2n) is 6.92. The minimum atomic E-state index is -0.954. The number of benzene rings is 2. The summed E-state index contributed by atoms with van der Waals surface area (Å²) in [6, 6.07) is 12.6. The molecule has 138 valence electrons. The van der Waals surface area contributed by atoms with Crippen LogP contribution in [0.4, 0.5) is 8.78 Å². The standard InChI is InChI=1S/C21H19F2N3O/c1-26-12-11-24-19(26)18(14-7-8-16(22)17(23)13-14)25-20(27)21(9-10-21)15-5-3-2-4-6-15/h2-8,11-13,18H,9-10H2,1H3,(H,25,27)/t18-/m1/s1. The Morgan fingerprint density at radius 3 is 2.48 bits per heavy atom. The SMILES string of the molecule is Cn1ccnc1[C@H](NC(=O)C1(c2ccccc2)CC1)c1ccc(F)c(F)c1. The van der Waals surface area contributed by atoms with Crippen LogP contribution in [0.25, 0.3) is 0 Å². The van der Waals surface area contributed by atoms with E-state index in [-0.39, 0.29) is 5.91 Å². The zero-order chi connectivity index (χ0) is 19.0. The molecule has 1 amide bonds. The van der Waals surface area contributed by atoms with Gasteiger partial charge in [-0.3, -0.25) is 4.79 Å². The number of hydrogen-bond acceptors (Lipinski definition) is 2. The smallest absolute Gasteiger partial charge is 0.231 e. The number of aryl methyl sites for hydroxylation is 1. The van der Waals surface area contributed by atoms with Gasteiger partial charge in [-0.25, -0.2) is 13.8 Å². The first-order chi connectivity index (χ1) is 13.0. The van der Waals surface area contributed by atoms with Crippen molar-refractivity contribution < 1.29 is 13.6 Å². The number of nitrogens with one attached hydrogen (secondary N) is 1. The number of carbonyl (C=O) groups is 1. The van der Waals surface area contributed by atoms with Crippen molar-refractivity contribution in [1.29, 1.82) is 0 Å². The molecule has 1 N–H and O–H groups in total. The zero-order valence-electron chi connectivity index (χ0n) is 14.8. The number of aromatic nitrogens is 2. The normalized spacial score (nSPS) is 16.0. The summed E-state index contributed by atoms with van der Waals surface area (Å²) in [5.74, 6) is -1.46. The number of hydrogen-bond donors (Lipinski definition) is 1. The quantitative estimate of drug-likeness (QED) is 0.749. The van der Waals surface area contributed by atoms with Crippen molar-refractivity contribution in [1.82, 2.24) is 14.9 Å². The van der Waals surface area contributed by atoms with Gasteiger partial charge in [0.05, 0.1) is 5.41 Å². The minimum absolute atomic E-state index is 0.133. The van der Waals surface area contributed by atoms with Gasteiger partial charge in [0.2, 0.25) is 5.91 Å². The molecule has 4 nitrogen and oxygen atoms in total. The van der Waals surface area contributed by atoms with Crippen LogP contribution in [0.3, 0.4) is 0 Å². The average molecular weight is 367 g/mol. The van der Waals surface area contributed by atoms with Gasteiger partial charge in [0.1, 0.15) is 11.9 Å². The summed E-state index contributed by atoms with van der Waals surface area (Å²) < 4.78 is 29.0. The molecule has 27 heavy (non-hydrogen) atoms. The number of carbonyl (C=O) groups excluding carboxylic acids is 1. The summed E-state index contributed by atoms with van der Waals surface area (Å²) in [5.41, 5.74) is 0.843. The van der Waals surface area contributed by atoms with E-state index in [9.17, 15) is 13.6 Å². The highest BCUT2D eigenvalue weighted by Crippen LogP contribution is 2.48. The Labute approximate surface area is 155 Å². The number of nitrogens with zero attached hydrogens (tertiary/aromatic N) is 2. The van der Waals surface area contributed by atoms with Crippen molar-refractivity contribution in [3.8, 4) is 0 Å². The van der Waals surface area contributed by atoms with Gasteiger partial charge in [-0.2, -0.15) is 0 Å². The topological polar surface area (TPSA) is 46.9 Å². The molecule has 1 aliphatic rings. The molecule has 0 saturated heterocycles. The lowest BCUT2D eigenvalue weighted by Crippen LogP contribution is -2.38. The maximum absolute atomic E-state index is 13.8. The molecular weight excluding hydrogens is 348 g/mol. The van der Waals surface area contributed by atoms with E-state index in [1.807, 2.05) is 30.3 Å². The molecular formula is C21H19F2N3O. The van der Waals surface area contributed by atoms with Crippen molar-refractivity contribution >= 4 is 5.91 Å². The van der Waals surface area contributed by atoms with E-state index in [0.717, 1.165) is 30.5 Å². The Morgan fingerprint density at radius 2 is 1.89 bits per heavy atom. The van der Waals surface area contributed by atoms with Crippen LogP contribution < -0.4 is 5.32 Å². The fourth-order valence-electron chi connectivity index (χ4n) is 3.44. The molecule has 0 spiro atoms. The second kappa shape index (κ2) is 6.61. The molecule has 1 heterocycles. The fraction of sp³-hybridized carbons (Fsp3) is 0.238. The third kappa shape index (κ3) is 3.12. The van der Waals surface area contributed by atoms with Crippen LogP contribution in [0.15, 0.2) is 60.9 Å². The number of amides is 1. The number of rotatable bonds is 5. The number of imidazole rings is 1. The molecule has 4 rings (SSSR count). The van der Waals surface area contributed by atoms with E-state index in [1.54, 1.807) is 24.0 Å². The van der Waals surface area contributed by atoms with Crippen LogP contribution in [0.1, 0.15) is 35.8 Å². The molecule has 0 radical (unpaired) electrons. The Morgan fingerprint density at radius 1 is 1.15 bits per heavy atom. The first kappa shape index (κ1) is 17.4. The molecule has 1 saturated carbocycles. The van der Waals surface area contributed by atoms with Crippen LogP contribution in [0, 0.1) is 11.6 Å². The summed E-state index contributed by atoms with van der Waals surface area (Å²) in [6.07, 6.45) is 4.87. The molecule has 3 aromatic rings. The molecule has 2 aromatic carbocycles. The van der Waals surface area contributed by atoms with Crippen LogP contribution in [-0.2, 0) is 17.3 Å². The monoisotopic (exact) mass is 367 g/mol. The molecule has 0 bridgehead atoms. The summed E-state index contributed by atoms with van der Waals surface area (Å²) in [5, 5.41) is 3.01. The van der Waals surface area contributed by atoms with Crippen molar-refractivity contribution in [2.75, 3.05) is 0 Å². The molecule has 0 unspecified atom stereocenters. The van der Waals surface area contributed by atoms with Crippen LogP contribution >= 0.6 is 0 Å². The van der Waals surface area contributed by atoms with Gasteiger partial charge in [0.15, 0.2) is 11.6 Å². The van der Waals surface area contributed by atoms with Gasteiger partial charge < -0.3 is 9.88 Å². The Balaban J connectivity index is 1.69. The predicted molar refractivity (Wildman–Crippen MR) is 96.9 cm³/mol. The average Bonchev–Trinajstić information content (AvgIpc) is 3.39. The Bertz CT molecular complexity index is 980. The largest absolute Gasteiger partial charge is 0.341 e. The van der Waals surface area contributed by atoms with E-state index in [0.29, 0.717) is 11.4 Å². The summed E-state index contributed by atoms with van der Waals surface area (Å²) in [7, 11) is 1.80. The minimum Gasteiger partial charge on any atom is -0.341 e. The lowest BCUT2D eigenvalue weighted by atomic mass is 9.94. The summed E-state index contributed by atoms with van der Waals surface area (Å²) >= 11 is 0. The highest BCUT2D eigenvalue weighted by Gasteiger charge is 2.51. The molecule has 1 aliphatic carbocycles. The Kier molecular flexibility index (Phi) is 4.26. The van der Waals surface area contributed by atoms with Crippen molar-refractivity contribution in [3.63, 3.8) is 0 Å². The molecule has 1 atom stereocenters. The third-order valence-electron chi connectivity index (χ3n) is 5.18. The first-order valence-corrected chi connectivity index (χ1v) is 8.80. The third-order valence-corrected chi connectivity index (χ3v) is 5.18. The van der Waals surface area contributed by atoms with Gasteiger partial charge in [0.25, 0.3) is 0 Å². The molecule has 1 fully saturated rings. The lowest BCUT2D eigenvalue weighted by Gasteiger charge is -2.23. The highest BCUT2D eigenvalue weighted by atomic mass is 19.2. The molecule has 6 heteroatoms. The lowest BCUT2D eigenvalue weighted by molar-refractivity contribution is -0.124. The van der Waals surface area contributed by atoms with E-state index in [2.05, 4.69) is 10.3 Å². The van der Waals surface area contributed by atoms with Crippen LogP contribution in [0.2, 0.25) is 0 Å².